The van der Waals surface area contributed by atoms with Gasteiger partial charge in [0.1, 0.15) is 0 Å². The molecule has 0 atom stereocenters. The molecule has 2 nitrogen and oxygen atoms in total. The lowest BCUT2D eigenvalue weighted by Gasteiger charge is -2.09. The van der Waals surface area contributed by atoms with Crippen LogP contribution in [0.2, 0.25) is 0 Å². The van der Waals surface area contributed by atoms with Gasteiger partial charge in [0.25, 0.3) is 0 Å². The zero-order valence-electron chi connectivity index (χ0n) is 9.91. The number of rotatable bonds is 8. The van der Waals surface area contributed by atoms with Crippen molar-refractivity contribution in [2.75, 3.05) is 18.9 Å². The zero-order chi connectivity index (χ0) is 11.6. The third-order valence-corrected chi connectivity index (χ3v) is 3.48. The van der Waals surface area contributed by atoms with Gasteiger partial charge in [0.15, 0.2) is 0 Å². The second kappa shape index (κ2) is 8.62. The first-order chi connectivity index (χ1) is 7.88. The van der Waals surface area contributed by atoms with Crippen molar-refractivity contribution in [1.82, 2.24) is 5.32 Å². The third kappa shape index (κ3) is 5.01. The van der Waals surface area contributed by atoms with Crippen molar-refractivity contribution in [3.05, 3.63) is 29.8 Å². The standard InChI is InChI=1S/C13H21NOS/c1-2-8-14-11-12-6-3-4-7-13(12)16-10-5-9-15/h3-4,6-7,14-15H,2,5,8-11H2,1H3. The highest BCUT2D eigenvalue weighted by Crippen LogP contribution is 2.22. The highest BCUT2D eigenvalue weighted by molar-refractivity contribution is 7.99. The second-order valence-corrected chi connectivity index (χ2v) is 4.85. The van der Waals surface area contributed by atoms with Gasteiger partial charge < -0.3 is 10.4 Å². The van der Waals surface area contributed by atoms with E-state index in [1.54, 1.807) is 0 Å². The number of hydrogen-bond donors (Lipinski definition) is 2. The lowest BCUT2D eigenvalue weighted by atomic mass is 10.2. The summed E-state index contributed by atoms with van der Waals surface area (Å²) in [6.45, 7) is 4.46. The Bertz CT molecular complexity index is 262. The monoisotopic (exact) mass is 239 g/mol. The summed E-state index contributed by atoms with van der Waals surface area (Å²) in [6.07, 6.45) is 2.03. The molecule has 90 valence electrons. The Morgan fingerprint density at radius 2 is 2.12 bits per heavy atom. The molecule has 0 aliphatic carbocycles. The van der Waals surface area contributed by atoms with Gasteiger partial charge in [0.05, 0.1) is 0 Å². The normalized spacial score (nSPS) is 10.6. The Kier molecular flexibility index (Phi) is 7.30. The second-order valence-electron chi connectivity index (χ2n) is 3.71. The zero-order valence-corrected chi connectivity index (χ0v) is 10.7. The fraction of sp³-hybridized carbons (Fsp3) is 0.538. The van der Waals surface area contributed by atoms with E-state index in [1.807, 2.05) is 11.8 Å². The minimum absolute atomic E-state index is 0.281. The van der Waals surface area contributed by atoms with Gasteiger partial charge in [-0.1, -0.05) is 25.1 Å². The quantitative estimate of drug-likeness (QED) is 0.540. The fourth-order valence-electron chi connectivity index (χ4n) is 1.44. The van der Waals surface area contributed by atoms with Crippen LogP contribution < -0.4 is 5.32 Å². The minimum atomic E-state index is 0.281. The Morgan fingerprint density at radius 1 is 1.31 bits per heavy atom. The first kappa shape index (κ1) is 13.6. The van der Waals surface area contributed by atoms with Crippen molar-refractivity contribution in [3.63, 3.8) is 0 Å². The summed E-state index contributed by atoms with van der Waals surface area (Å²) in [7, 11) is 0. The minimum Gasteiger partial charge on any atom is -0.396 e. The van der Waals surface area contributed by atoms with E-state index >= 15 is 0 Å². The average molecular weight is 239 g/mol. The predicted octanol–water partition coefficient (Wildman–Crippen LogP) is 2.66. The Hall–Kier alpha value is -0.510. The molecule has 3 heteroatoms. The van der Waals surface area contributed by atoms with Gasteiger partial charge in [-0.25, -0.2) is 0 Å². The van der Waals surface area contributed by atoms with Crippen LogP contribution in [0.3, 0.4) is 0 Å². The highest BCUT2D eigenvalue weighted by Gasteiger charge is 2.01. The van der Waals surface area contributed by atoms with E-state index in [2.05, 4.69) is 36.5 Å². The van der Waals surface area contributed by atoms with Gasteiger partial charge in [-0.15, -0.1) is 11.8 Å². The molecule has 1 aromatic rings. The Morgan fingerprint density at radius 3 is 2.88 bits per heavy atom. The summed E-state index contributed by atoms with van der Waals surface area (Å²) in [6, 6.07) is 8.48. The molecule has 0 spiro atoms. The molecule has 16 heavy (non-hydrogen) atoms. The summed E-state index contributed by atoms with van der Waals surface area (Å²) in [5.74, 6) is 0.987. The molecule has 0 aliphatic heterocycles. The van der Waals surface area contributed by atoms with Crippen molar-refractivity contribution in [2.45, 2.75) is 31.2 Å². The maximum atomic E-state index is 8.76. The molecule has 0 unspecified atom stereocenters. The van der Waals surface area contributed by atoms with Crippen molar-refractivity contribution in [3.8, 4) is 0 Å². The molecule has 1 aromatic carbocycles. The maximum Gasteiger partial charge on any atom is 0.0439 e. The number of nitrogens with one attached hydrogen (secondary N) is 1. The smallest absolute Gasteiger partial charge is 0.0439 e. The molecule has 0 heterocycles. The van der Waals surface area contributed by atoms with E-state index in [0.29, 0.717) is 0 Å². The third-order valence-electron chi connectivity index (χ3n) is 2.27. The summed E-state index contributed by atoms with van der Waals surface area (Å²) in [5, 5.41) is 12.2. The van der Waals surface area contributed by atoms with E-state index in [1.165, 1.54) is 16.9 Å². The molecule has 2 N–H and O–H groups in total. The van der Waals surface area contributed by atoms with Crippen molar-refractivity contribution in [1.29, 1.82) is 0 Å². The van der Waals surface area contributed by atoms with Gasteiger partial charge in [-0.3, -0.25) is 0 Å². The summed E-state index contributed by atoms with van der Waals surface area (Å²) in [5.41, 5.74) is 1.36. The first-order valence-corrected chi connectivity index (χ1v) is 6.89. The van der Waals surface area contributed by atoms with Crippen LogP contribution in [0.5, 0.6) is 0 Å². The predicted molar refractivity (Wildman–Crippen MR) is 70.9 cm³/mol. The van der Waals surface area contributed by atoms with Crippen LogP contribution in [0.4, 0.5) is 0 Å². The van der Waals surface area contributed by atoms with Crippen LogP contribution in [0, 0.1) is 0 Å². The summed E-state index contributed by atoms with van der Waals surface area (Å²) in [4.78, 5) is 1.33. The number of aliphatic hydroxyl groups excluding tert-OH is 1. The topological polar surface area (TPSA) is 32.3 Å². The average Bonchev–Trinajstić information content (AvgIpc) is 2.32. The molecule has 0 saturated heterocycles. The van der Waals surface area contributed by atoms with Crippen LogP contribution in [0.1, 0.15) is 25.3 Å². The molecule has 0 bridgehead atoms. The molecule has 0 saturated carbocycles. The van der Waals surface area contributed by atoms with Gasteiger partial charge in [-0.05, 0) is 31.0 Å². The van der Waals surface area contributed by atoms with Crippen molar-refractivity contribution >= 4 is 11.8 Å². The van der Waals surface area contributed by atoms with Gasteiger partial charge in [-0.2, -0.15) is 0 Å². The molecule has 1 rings (SSSR count). The van der Waals surface area contributed by atoms with E-state index in [4.69, 9.17) is 5.11 Å². The maximum absolute atomic E-state index is 8.76. The molecular weight excluding hydrogens is 218 g/mol. The number of thioether (sulfide) groups is 1. The number of hydrogen-bond acceptors (Lipinski definition) is 3. The van der Waals surface area contributed by atoms with Gasteiger partial charge in [0.2, 0.25) is 0 Å². The van der Waals surface area contributed by atoms with Gasteiger partial charge in [0, 0.05) is 23.8 Å². The highest BCUT2D eigenvalue weighted by atomic mass is 32.2. The van der Waals surface area contributed by atoms with Crippen LogP contribution in [-0.4, -0.2) is 24.0 Å². The number of benzene rings is 1. The summed E-state index contributed by atoms with van der Waals surface area (Å²) < 4.78 is 0. The van der Waals surface area contributed by atoms with E-state index in [9.17, 15) is 0 Å². The number of aliphatic hydroxyl groups is 1. The lowest BCUT2D eigenvalue weighted by molar-refractivity contribution is 0.296. The summed E-state index contributed by atoms with van der Waals surface area (Å²) >= 11 is 1.83. The van der Waals surface area contributed by atoms with E-state index in [-0.39, 0.29) is 6.61 Å². The van der Waals surface area contributed by atoms with E-state index < -0.39 is 0 Å². The van der Waals surface area contributed by atoms with Crippen LogP contribution in [0.15, 0.2) is 29.2 Å². The van der Waals surface area contributed by atoms with Crippen molar-refractivity contribution in [2.24, 2.45) is 0 Å². The van der Waals surface area contributed by atoms with Crippen molar-refractivity contribution < 1.29 is 5.11 Å². The fourth-order valence-corrected chi connectivity index (χ4v) is 2.43. The van der Waals surface area contributed by atoms with Gasteiger partial charge >= 0.3 is 0 Å². The van der Waals surface area contributed by atoms with Crippen LogP contribution in [-0.2, 0) is 6.54 Å². The Labute approximate surface area is 102 Å². The van der Waals surface area contributed by atoms with Crippen LogP contribution in [0.25, 0.3) is 0 Å². The van der Waals surface area contributed by atoms with E-state index in [0.717, 1.165) is 25.3 Å². The molecule has 0 aliphatic rings. The van der Waals surface area contributed by atoms with Crippen LogP contribution >= 0.6 is 11.8 Å². The molecule has 0 fully saturated rings. The largest absolute Gasteiger partial charge is 0.396 e. The Balaban J connectivity index is 2.46. The molecular formula is C13H21NOS. The lowest BCUT2D eigenvalue weighted by Crippen LogP contribution is -2.14. The SMILES string of the molecule is CCCNCc1ccccc1SCCCO. The molecule has 0 radical (unpaired) electrons. The first-order valence-electron chi connectivity index (χ1n) is 5.90. The molecule has 0 aromatic heterocycles. The molecule has 0 amide bonds.